The van der Waals surface area contributed by atoms with Crippen LogP contribution in [-0.4, -0.2) is 0 Å². The molecule has 0 bridgehead atoms. The molecular weight excluding hydrogens is 323 g/mol. The molecule has 2 aromatic rings. The van der Waals surface area contributed by atoms with Crippen molar-refractivity contribution in [1.82, 2.24) is 0 Å². The molecule has 0 radical (unpaired) electrons. The van der Waals surface area contributed by atoms with Crippen LogP contribution in [0.2, 0.25) is 0 Å². The summed E-state index contributed by atoms with van der Waals surface area (Å²) in [5.74, 6) is -0.267. The summed E-state index contributed by atoms with van der Waals surface area (Å²) in [7, 11) is 0. The van der Waals surface area contributed by atoms with Crippen LogP contribution in [0, 0.1) is 19.7 Å². The lowest BCUT2D eigenvalue weighted by Gasteiger charge is -2.10. The van der Waals surface area contributed by atoms with Gasteiger partial charge in [0.2, 0.25) is 0 Å². The lowest BCUT2D eigenvalue weighted by molar-refractivity contribution is 0.620. The predicted octanol–water partition coefficient (Wildman–Crippen LogP) is 5.59. The number of hydrogen-bond donors (Lipinski definition) is 0. The van der Waals surface area contributed by atoms with E-state index < -0.39 is 0 Å². The topological polar surface area (TPSA) is 0 Å². The van der Waals surface area contributed by atoms with Gasteiger partial charge in [-0.3, -0.25) is 0 Å². The molecule has 0 amide bonds. The van der Waals surface area contributed by atoms with Gasteiger partial charge in [0.25, 0.3) is 0 Å². The normalized spacial score (nSPS) is 12.8. The van der Waals surface area contributed by atoms with E-state index in [0.717, 1.165) is 10.4 Å². The van der Waals surface area contributed by atoms with Crippen LogP contribution in [0.4, 0.5) is 4.39 Å². The Bertz CT molecular complexity index is 550. The fourth-order valence-electron chi connectivity index (χ4n) is 1.73. The number of rotatable bonds is 2. The summed E-state index contributed by atoms with van der Waals surface area (Å²) in [6.07, 6.45) is 0. The van der Waals surface area contributed by atoms with E-state index in [9.17, 15) is 4.39 Å². The van der Waals surface area contributed by atoms with Crippen LogP contribution < -0.4 is 0 Å². The lowest BCUT2D eigenvalue weighted by atomic mass is 10.1. The van der Waals surface area contributed by atoms with Gasteiger partial charge >= 0.3 is 0 Å². The molecule has 1 aromatic heterocycles. The summed E-state index contributed by atoms with van der Waals surface area (Å²) in [5, 5.41) is -0.217. The van der Waals surface area contributed by atoms with Gasteiger partial charge in [-0.25, -0.2) is 4.39 Å². The minimum Gasteiger partial charge on any atom is -0.206 e. The van der Waals surface area contributed by atoms with Gasteiger partial charge in [-0.2, -0.15) is 0 Å². The highest BCUT2D eigenvalue weighted by molar-refractivity contribution is 9.10. The Morgan fingerprint density at radius 1 is 1.29 bits per heavy atom. The van der Waals surface area contributed by atoms with Crippen molar-refractivity contribution in [2.45, 2.75) is 19.2 Å². The van der Waals surface area contributed by atoms with Crippen molar-refractivity contribution in [1.29, 1.82) is 0 Å². The van der Waals surface area contributed by atoms with E-state index in [0.29, 0.717) is 4.47 Å². The molecule has 0 nitrogen and oxygen atoms in total. The van der Waals surface area contributed by atoms with Gasteiger partial charge in [0.1, 0.15) is 5.82 Å². The third kappa shape index (κ3) is 2.72. The summed E-state index contributed by atoms with van der Waals surface area (Å²) in [5.41, 5.74) is 2.10. The van der Waals surface area contributed by atoms with Crippen LogP contribution in [0.15, 0.2) is 28.7 Å². The molecule has 0 N–H and O–H groups in total. The molecular formula is C13H11BrClFS. The van der Waals surface area contributed by atoms with E-state index in [-0.39, 0.29) is 11.2 Å². The van der Waals surface area contributed by atoms with Crippen LogP contribution in [0.25, 0.3) is 0 Å². The molecule has 1 heterocycles. The third-order valence-corrected chi connectivity index (χ3v) is 4.97. The Morgan fingerprint density at radius 3 is 2.53 bits per heavy atom. The first-order chi connectivity index (χ1) is 7.99. The molecule has 1 aromatic carbocycles. The van der Waals surface area contributed by atoms with Gasteiger partial charge in [0.15, 0.2) is 0 Å². The average molecular weight is 334 g/mol. The maximum atomic E-state index is 13.2. The molecule has 0 saturated carbocycles. The van der Waals surface area contributed by atoms with Crippen molar-refractivity contribution >= 4 is 38.9 Å². The second-order valence-electron chi connectivity index (χ2n) is 3.94. The standard InChI is InChI=1S/C13H11BrClFS/c1-7-5-8(2)17-13(7)12(15)9-3-4-11(16)10(14)6-9/h3-6,12H,1-2H3. The first-order valence-corrected chi connectivity index (χ1v) is 7.19. The number of thiophene rings is 1. The number of halogens is 3. The van der Waals surface area contributed by atoms with Crippen molar-refractivity contribution in [3.63, 3.8) is 0 Å². The van der Waals surface area contributed by atoms with Crippen molar-refractivity contribution in [2.24, 2.45) is 0 Å². The molecule has 0 saturated heterocycles. The van der Waals surface area contributed by atoms with Gasteiger partial charge in [0.05, 0.1) is 9.85 Å². The summed E-state index contributed by atoms with van der Waals surface area (Å²) < 4.78 is 13.6. The average Bonchev–Trinajstić information content (AvgIpc) is 2.61. The highest BCUT2D eigenvalue weighted by Gasteiger charge is 2.16. The molecule has 0 aliphatic heterocycles. The minimum absolute atomic E-state index is 0.217. The Balaban J connectivity index is 2.40. The highest BCUT2D eigenvalue weighted by atomic mass is 79.9. The fourth-order valence-corrected chi connectivity index (χ4v) is 3.61. The monoisotopic (exact) mass is 332 g/mol. The van der Waals surface area contributed by atoms with E-state index in [1.165, 1.54) is 16.5 Å². The van der Waals surface area contributed by atoms with Gasteiger partial charge in [0, 0.05) is 9.75 Å². The lowest BCUT2D eigenvalue weighted by Crippen LogP contribution is -1.93. The Labute approximate surface area is 118 Å². The van der Waals surface area contributed by atoms with Crippen molar-refractivity contribution < 1.29 is 4.39 Å². The maximum Gasteiger partial charge on any atom is 0.137 e. The number of aryl methyl sites for hydroxylation is 2. The van der Waals surface area contributed by atoms with Gasteiger partial charge in [-0.05, 0) is 59.1 Å². The van der Waals surface area contributed by atoms with E-state index in [4.69, 9.17) is 11.6 Å². The maximum absolute atomic E-state index is 13.2. The molecule has 0 spiro atoms. The van der Waals surface area contributed by atoms with Crippen molar-refractivity contribution in [2.75, 3.05) is 0 Å². The van der Waals surface area contributed by atoms with Crippen LogP contribution in [0.1, 0.15) is 26.3 Å². The van der Waals surface area contributed by atoms with E-state index in [1.807, 2.05) is 6.92 Å². The molecule has 0 fully saturated rings. The molecule has 0 aliphatic carbocycles. The molecule has 4 heteroatoms. The third-order valence-electron chi connectivity index (χ3n) is 2.55. The molecule has 0 aliphatic rings. The summed E-state index contributed by atoms with van der Waals surface area (Å²) in [4.78, 5) is 2.37. The second kappa shape index (κ2) is 5.09. The van der Waals surface area contributed by atoms with Gasteiger partial charge < -0.3 is 0 Å². The number of benzene rings is 1. The SMILES string of the molecule is Cc1cc(C)c(C(Cl)c2ccc(F)c(Br)c2)s1. The van der Waals surface area contributed by atoms with Gasteiger partial charge in [-0.15, -0.1) is 22.9 Å². The van der Waals surface area contributed by atoms with Crippen LogP contribution in [0.3, 0.4) is 0 Å². The zero-order valence-corrected chi connectivity index (χ0v) is 12.6. The second-order valence-corrected chi connectivity index (χ2v) is 6.52. The summed E-state index contributed by atoms with van der Waals surface area (Å²) in [6.45, 7) is 4.11. The smallest absolute Gasteiger partial charge is 0.137 e. The number of hydrogen-bond acceptors (Lipinski definition) is 1. The van der Waals surface area contributed by atoms with E-state index in [2.05, 4.69) is 28.9 Å². The first kappa shape index (κ1) is 13.1. The van der Waals surface area contributed by atoms with Crippen molar-refractivity contribution in [3.8, 4) is 0 Å². The van der Waals surface area contributed by atoms with E-state index in [1.54, 1.807) is 23.5 Å². The van der Waals surface area contributed by atoms with Crippen LogP contribution >= 0.6 is 38.9 Å². The first-order valence-electron chi connectivity index (χ1n) is 5.15. The zero-order chi connectivity index (χ0) is 12.6. The molecule has 1 unspecified atom stereocenters. The zero-order valence-electron chi connectivity index (χ0n) is 9.43. The van der Waals surface area contributed by atoms with E-state index >= 15 is 0 Å². The van der Waals surface area contributed by atoms with Crippen LogP contribution in [-0.2, 0) is 0 Å². The largest absolute Gasteiger partial charge is 0.206 e. The fraction of sp³-hybridized carbons (Fsp3) is 0.231. The number of alkyl halides is 1. The molecule has 17 heavy (non-hydrogen) atoms. The van der Waals surface area contributed by atoms with Gasteiger partial charge in [-0.1, -0.05) is 6.07 Å². The van der Waals surface area contributed by atoms with Crippen molar-refractivity contribution in [3.05, 3.63) is 55.4 Å². The highest BCUT2D eigenvalue weighted by Crippen LogP contribution is 2.37. The summed E-state index contributed by atoms with van der Waals surface area (Å²) >= 11 is 11.3. The minimum atomic E-state index is -0.267. The Hall–Kier alpha value is -0.380. The Kier molecular flexibility index (Phi) is 3.91. The van der Waals surface area contributed by atoms with Crippen LogP contribution in [0.5, 0.6) is 0 Å². The quantitative estimate of drug-likeness (QED) is 0.628. The molecule has 1 atom stereocenters. The molecule has 2 rings (SSSR count). The predicted molar refractivity (Wildman–Crippen MR) is 75.6 cm³/mol. The molecule has 90 valence electrons. The Morgan fingerprint density at radius 2 is 2.00 bits per heavy atom. The summed E-state index contributed by atoms with van der Waals surface area (Å²) in [6, 6.07) is 7.02.